The molecule has 0 atom stereocenters. The van der Waals surface area contributed by atoms with Crippen LogP contribution in [-0.4, -0.2) is 32.0 Å². The third kappa shape index (κ3) is 2.97. The van der Waals surface area contributed by atoms with E-state index >= 15 is 0 Å². The summed E-state index contributed by atoms with van der Waals surface area (Å²) in [5.74, 6) is 0.295. The zero-order valence-electron chi connectivity index (χ0n) is 14.1. The molecule has 26 heavy (non-hydrogen) atoms. The zero-order chi connectivity index (χ0) is 18.1. The van der Waals surface area contributed by atoms with E-state index in [2.05, 4.69) is 25.7 Å². The lowest BCUT2D eigenvalue weighted by Gasteiger charge is -2.07. The molecule has 0 unspecified atom stereocenters. The van der Waals surface area contributed by atoms with Crippen LogP contribution in [0.3, 0.4) is 0 Å². The number of nitrogens with one attached hydrogen (secondary N) is 3. The molecule has 0 radical (unpaired) electrons. The third-order valence-electron chi connectivity index (χ3n) is 4.01. The highest BCUT2D eigenvalue weighted by Gasteiger charge is 2.19. The number of imidazole rings is 1. The second kappa shape index (κ2) is 6.68. The van der Waals surface area contributed by atoms with E-state index in [-0.39, 0.29) is 16.8 Å². The van der Waals surface area contributed by atoms with Gasteiger partial charge in [0.05, 0.1) is 0 Å². The standard InChI is InChI=1S/C18H17ClN6O/c1-2-8-21-18(26)16-17(19)23-15-6-5-14(24-25(15)16)22-12-4-3-11-7-9-20-13(11)10-12/h3-7,9-10,20H,2,8H2,1H3,(H,21,26)(H,22,24). The normalized spacial score (nSPS) is 11.2. The molecular weight excluding hydrogens is 352 g/mol. The van der Waals surface area contributed by atoms with Crippen LogP contribution in [0.25, 0.3) is 16.6 Å². The summed E-state index contributed by atoms with van der Waals surface area (Å²) < 4.78 is 1.46. The summed E-state index contributed by atoms with van der Waals surface area (Å²) in [6.07, 6.45) is 2.73. The molecule has 4 aromatic rings. The van der Waals surface area contributed by atoms with Crippen molar-refractivity contribution in [2.75, 3.05) is 11.9 Å². The van der Waals surface area contributed by atoms with Gasteiger partial charge in [-0.2, -0.15) is 0 Å². The lowest BCUT2D eigenvalue weighted by Crippen LogP contribution is -2.26. The Kier molecular flexibility index (Phi) is 4.22. The molecule has 0 aliphatic heterocycles. The van der Waals surface area contributed by atoms with Gasteiger partial charge in [-0.3, -0.25) is 4.79 Å². The first kappa shape index (κ1) is 16.4. The van der Waals surface area contributed by atoms with Gasteiger partial charge in [0.1, 0.15) is 0 Å². The van der Waals surface area contributed by atoms with Crippen molar-refractivity contribution in [3.05, 3.63) is 53.4 Å². The molecule has 0 fully saturated rings. The van der Waals surface area contributed by atoms with Gasteiger partial charge in [0.25, 0.3) is 5.91 Å². The van der Waals surface area contributed by atoms with E-state index in [1.807, 2.05) is 37.4 Å². The van der Waals surface area contributed by atoms with Gasteiger partial charge in [-0.25, -0.2) is 9.50 Å². The Bertz CT molecular complexity index is 1100. The number of carbonyl (C=O) groups is 1. The number of aromatic nitrogens is 4. The Morgan fingerprint density at radius 2 is 2.15 bits per heavy atom. The molecule has 0 aliphatic rings. The van der Waals surface area contributed by atoms with Crippen molar-refractivity contribution in [3.8, 4) is 0 Å². The van der Waals surface area contributed by atoms with Crippen molar-refractivity contribution in [3.63, 3.8) is 0 Å². The van der Waals surface area contributed by atoms with Crippen LogP contribution in [0.5, 0.6) is 0 Å². The van der Waals surface area contributed by atoms with E-state index in [9.17, 15) is 4.79 Å². The second-order valence-electron chi connectivity index (χ2n) is 5.90. The zero-order valence-corrected chi connectivity index (χ0v) is 14.8. The maximum Gasteiger partial charge on any atom is 0.273 e. The average Bonchev–Trinajstić information content (AvgIpc) is 3.22. The number of hydrogen-bond acceptors (Lipinski definition) is 4. The van der Waals surface area contributed by atoms with Crippen LogP contribution >= 0.6 is 11.6 Å². The van der Waals surface area contributed by atoms with Gasteiger partial charge in [0.2, 0.25) is 0 Å². The maximum absolute atomic E-state index is 12.4. The van der Waals surface area contributed by atoms with Crippen molar-refractivity contribution in [1.29, 1.82) is 0 Å². The van der Waals surface area contributed by atoms with E-state index < -0.39 is 0 Å². The molecular formula is C18H17ClN6O. The predicted molar refractivity (Wildman–Crippen MR) is 102 cm³/mol. The van der Waals surface area contributed by atoms with E-state index in [4.69, 9.17) is 11.6 Å². The SMILES string of the molecule is CCCNC(=O)c1c(Cl)nc2ccc(Nc3ccc4cc[nH]c4c3)nn12. The highest BCUT2D eigenvalue weighted by atomic mass is 35.5. The van der Waals surface area contributed by atoms with Gasteiger partial charge in [-0.05, 0) is 42.1 Å². The minimum Gasteiger partial charge on any atom is -0.361 e. The summed E-state index contributed by atoms with van der Waals surface area (Å²) >= 11 is 6.15. The van der Waals surface area contributed by atoms with Gasteiger partial charge >= 0.3 is 0 Å². The van der Waals surface area contributed by atoms with Crippen LogP contribution < -0.4 is 10.6 Å². The summed E-state index contributed by atoms with van der Waals surface area (Å²) in [5, 5.41) is 11.8. The Labute approximate surface area is 154 Å². The van der Waals surface area contributed by atoms with Crippen LogP contribution in [0.4, 0.5) is 11.5 Å². The summed E-state index contributed by atoms with van der Waals surface area (Å²) in [6, 6.07) is 11.6. The molecule has 0 spiro atoms. The van der Waals surface area contributed by atoms with Gasteiger partial charge in [-0.15, -0.1) is 5.10 Å². The van der Waals surface area contributed by atoms with Gasteiger partial charge in [0.15, 0.2) is 22.3 Å². The summed E-state index contributed by atoms with van der Waals surface area (Å²) in [6.45, 7) is 2.55. The van der Waals surface area contributed by atoms with E-state index in [0.717, 1.165) is 23.0 Å². The Morgan fingerprint density at radius 3 is 3.00 bits per heavy atom. The fraction of sp³-hybridized carbons (Fsp3) is 0.167. The number of anilines is 2. The number of hydrogen-bond donors (Lipinski definition) is 3. The van der Waals surface area contributed by atoms with Crippen LogP contribution in [0.2, 0.25) is 5.15 Å². The third-order valence-corrected chi connectivity index (χ3v) is 4.28. The Morgan fingerprint density at radius 1 is 1.27 bits per heavy atom. The Hall–Kier alpha value is -3.06. The number of aromatic amines is 1. The van der Waals surface area contributed by atoms with Crippen molar-refractivity contribution in [2.45, 2.75) is 13.3 Å². The molecule has 3 aromatic heterocycles. The monoisotopic (exact) mass is 368 g/mol. The van der Waals surface area contributed by atoms with Crippen LogP contribution in [0, 0.1) is 0 Å². The highest BCUT2D eigenvalue weighted by Crippen LogP contribution is 2.22. The second-order valence-corrected chi connectivity index (χ2v) is 6.26. The molecule has 3 heterocycles. The maximum atomic E-state index is 12.4. The molecule has 3 N–H and O–H groups in total. The molecule has 1 amide bonds. The molecule has 8 heteroatoms. The first-order valence-corrected chi connectivity index (χ1v) is 8.71. The van der Waals surface area contributed by atoms with Crippen LogP contribution in [-0.2, 0) is 0 Å². The van der Waals surface area contributed by atoms with Gasteiger partial charge < -0.3 is 15.6 Å². The topological polar surface area (TPSA) is 87.1 Å². The molecule has 132 valence electrons. The number of carbonyl (C=O) groups excluding carboxylic acids is 1. The molecule has 0 saturated carbocycles. The smallest absolute Gasteiger partial charge is 0.273 e. The Balaban J connectivity index is 1.68. The van der Waals surface area contributed by atoms with Crippen molar-refractivity contribution < 1.29 is 4.79 Å². The van der Waals surface area contributed by atoms with Crippen molar-refractivity contribution in [1.82, 2.24) is 24.9 Å². The molecule has 4 rings (SSSR count). The fourth-order valence-corrected chi connectivity index (χ4v) is 3.01. The lowest BCUT2D eigenvalue weighted by atomic mass is 10.2. The molecule has 1 aromatic carbocycles. The number of fused-ring (bicyclic) bond motifs is 2. The van der Waals surface area contributed by atoms with Crippen molar-refractivity contribution >= 4 is 45.6 Å². The number of benzene rings is 1. The van der Waals surface area contributed by atoms with Gasteiger partial charge in [-0.1, -0.05) is 24.6 Å². The van der Waals surface area contributed by atoms with E-state index in [0.29, 0.717) is 18.0 Å². The number of amides is 1. The number of nitrogens with zero attached hydrogens (tertiary/aromatic N) is 3. The summed E-state index contributed by atoms with van der Waals surface area (Å²) in [5.41, 5.74) is 2.66. The molecule has 0 aliphatic carbocycles. The summed E-state index contributed by atoms with van der Waals surface area (Å²) in [4.78, 5) is 19.7. The molecule has 0 saturated heterocycles. The number of H-pyrrole nitrogens is 1. The van der Waals surface area contributed by atoms with Crippen LogP contribution in [0.1, 0.15) is 23.8 Å². The van der Waals surface area contributed by atoms with E-state index in [1.165, 1.54) is 4.52 Å². The van der Waals surface area contributed by atoms with Gasteiger partial charge in [0, 0.05) is 23.9 Å². The first-order valence-electron chi connectivity index (χ1n) is 8.33. The average molecular weight is 369 g/mol. The largest absolute Gasteiger partial charge is 0.361 e. The van der Waals surface area contributed by atoms with Crippen molar-refractivity contribution in [2.24, 2.45) is 0 Å². The lowest BCUT2D eigenvalue weighted by molar-refractivity contribution is 0.0947. The summed E-state index contributed by atoms with van der Waals surface area (Å²) in [7, 11) is 0. The van der Waals surface area contributed by atoms with Crippen LogP contribution in [0.15, 0.2) is 42.6 Å². The van der Waals surface area contributed by atoms with E-state index in [1.54, 1.807) is 12.1 Å². The minimum atomic E-state index is -0.290. The molecule has 0 bridgehead atoms. The quantitative estimate of drug-likeness (QED) is 0.500. The number of rotatable bonds is 5. The molecule has 7 nitrogen and oxygen atoms in total. The minimum absolute atomic E-state index is 0.135. The number of halogens is 1. The highest BCUT2D eigenvalue weighted by molar-refractivity contribution is 6.32. The fourth-order valence-electron chi connectivity index (χ4n) is 2.76. The predicted octanol–water partition coefficient (Wildman–Crippen LogP) is 3.75. The first-order chi connectivity index (χ1) is 12.7.